The summed E-state index contributed by atoms with van der Waals surface area (Å²) in [6, 6.07) is 11.6. The van der Waals surface area contributed by atoms with Crippen LogP contribution in [0.5, 0.6) is 0 Å². The lowest BCUT2D eigenvalue weighted by atomic mass is 10.1. The fourth-order valence-corrected chi connectivity index (χ4v) is 2.93. The number of carbonyl (C=O) groups is 1. The van der Waals surface area contributed by atoms with Crippen molar-refractivity contribution in [3.63, 3.8) is 0 Å². The maximum absolute atomic E-state index is 10.7. The van der Waals surface area contributed by atoms with Gasteiger partial charge in [0.15, 0.2) is 12.0 Å². The molecule has 110 valence electrons. The Hall–Kier alpha value is -2.62. The Balaban J connectivity index is 1.63. The maximum Gasteiger partial charge on any atom is 0.185 e. The van der Waals surface area contributed by atoms with Gasteiger partial charge in [-0.3, -0.25) is 4.79 Å². The van der Waals surface area contributed by atoms with Gasteiger partial charge in [0.2, 0.25) is 0 Å². The van der Waals surface area contributed by atoms with Crippen LogP contribution in [0, 0.1) is 0 Å². The molecule has 0 unspecified atom stereocenters. The van der Waals surface area contributed by atoms with Crippen molar-refractivity contribution in [2.24, 2.45) is 0 Å². The Morgan fingerprint density at radius 3 is 2.59 bits per heavy atom. The summed E-state index contributed by atoms with van der Waals surface area (Å²) < 4.78 is 7.70. The standard InChI is InChI=1S/C18H16N2O2/c21-12-15-8-9-17(22-15)14-6-4-13(5-7-14)16-11-20-10-2-1-3-18(20)19-16/h4-9,11-12H,1-3,10H2. The zero-order chi connectivity index (χ0) is 14.9. The van der Waals surface area contributed by atoms with E-state index in [4.69, 9.17) is 9.40 Å². The van der Waals surface area contributed by atoms with Gasteiger partial charge in [0.1, 0.15) is 11.6 Å². The van der Waals surface area contributed by atoms with Crippen LogP contribution in [0.4, 0.5) is 0 Å². The molecular formula is C18H16N2O2. The lowest BCUT2D eigenvalue weighted by Gasteiger charge is -2.11. The Morgan fingerprint density at radius 2 is 1.86 bits per heavy atom. The molecule has 0 aliphatic carbocycles. The molecule has 0 saturated heterocycles. The summed E-state index contributed by atoms with van der Waals surface area (Å²) in [5.41, 5.74) is 3.09. The zero-order valence-electron chi connectivity index (χ0n) is 12.2. The molecule has 1 aromatic carbocycles. The molecule has 0 atom stereocenters. The van der Waals surface area contributed by atoms with Crippen LogP contribution in [-0.4, -0.2) is 15.8 Å². The summed E-state index contributed by atoms with van der Waals surface area (Å²) in [5.74, 6) is 2.24. The first-order valence-corrected chi connectivity index (χ1v) is 7.55. The number of imidazole rings is 1. The van der Waals surface area contributed by atoms with E-state index in [1.54, 1.807) is 6.07 Å². The van der Waals surface area contributed by atoms with Crippen molar-refractivity contribution in [1.29, 1.82) is 0 Å². The minimum Gasteiger partial charge on any atom is -0.453 e. The molecule has 0 radical (unpaired) electrons. The normalized spacial score (nSPS) is 13.8. The van der Waals surface area contributed by atoms with Crippen LogP contribution in [-0.2, 0) is 13.0 Å². The van der Waals surface area contributed by atoms with E-state index >= 15 is 0 Å². The van der Waals surface area contributed by atoms with Gasteiger partial charge in [-0.1, -0.05) is 24.3 Å². The van der Waals surface area contributed by atoms with Crippen LogP contribution in [0.15, 0.2) is 47.0 Å². The number of nitrogens with zero attached hydrogens (tertiary/aromatic N) is 2. The third-order valence-electron chi connectivity index (χ3n) is 4.12. The number of aromatic nitrogens is 2. The molecule has 4 heteroatoms. The second-order valence-corrected chi connectivity index (χ2v) is 5.59. The predicted octanol–water partition coefficient (Wildman–Crippen LogP) is 3.96. The monoisotopic (exact) mass is 292 g/mol. The van der Waals surface area contributed by atoms with Crippen LogP contribution < -0.4 is 0 Å². The van der Waals surface area contributed by atoms with E-state index in [1.165, 1.54) is 18.7 Å². The second-order valence-electron chi connectivity index (χ2n) is 5.59. The highest BCUT2D eigenvalue weighted by atomic mass is 16.3. The number of aldehydes is 1. The van der Waals surface area contributed by atoms with Gasteiger partial charge in [-0.25, -0.2) is 4.98 Å². The Bertz CT molecular complexity index is 788. The molecule has 4 nitrogen and oxygen atoms in total. The molecule has 4 rings (SSSR count). The van der Waals surface area contributed by atoms with Crippen molar-refractivity contribution < 1.29 is 9.21 Å². The van der Waals surface area contributed by atoms with Gasteiger partial charge in [0, 0.05) is 30.3 Å². The molecule has 22 heavy (non-hydrogen) atoms. The number of furan rings is 1. The first-order valence-electron chi connectivity index (χ1n) is 7.55. The number of carbonyl (C=O) groups excluding carboxylic acids is 1. The highest BCUT2D eigenvalue weighted by Crippen LogP contribution is 2.27. The van der Waals surface area contributed by atoms with Crippen molar-refractivity contribution in [2.75, 3.05) is 0 Å². The summed E-state index contributed by atoms with van der Waals surface area (Å²) in [6.07, 6.45) is 6.39. The molecule has 1 aliphatic rings. The zero-order valence-corrected chi connectivity index (χ0v) is 12.2. The minimum atomic E-state index is 0.348. The van der Waals surface area contributed by atoms with Crippen LogP contribution in [0.3, 0.4) is 0 Å². The third kappa shape index (κ3) is 2.26. The number of hydrogen-bond donors (Lipinski definition) is 0. The first-order chi connectivity index (χ1) is 10.8. The van der Waals surface area contributed by atoms with Gasteiger partial charge in [0.25, 0.3) is 0 Å². The van der Waals surface area contributed by atoms with Gasteiger partial charge < -0.3 is 8.98 Å². The van der Waals surface area contributed by atoms with E-state index in [-0.39, 0.29) is 0 Å². The van der Waals surface area contributed by atoms with Crippen molar-refractivity contribution in [1.82, 2.24) is 9.55 Å². The summed E-state index contributed by atoms with van der Waals surface area (Å²) in [7, 11) is 0. The Kier molecular flexibility index (Phi) is 3.15. The topological polar surface area (TPSA) is 48.0 Å². The first kappa shape index (κ1) is 13.1. The molecule has 0 saturated carbocycles. The van der Waals surface area contributed by atoms with Gasteiger partial charge in [-0.05, 0) is 25.0 Å². The summed E-state index contributed by atoms with van der Waals surface area (Å²) in [4.78, 5) is 15.4. The molecule has 0 amide bonds. The summed E-state index contributed by atoms with van der Waals surface area (Å²) >= 11 is 0. The van der Waals surface area contributed by atoms with Crippen molar-refractivity contribution >= 4 is 6.29 Å². The van der Waals surface area contributed by atoms with E-state index in [9.17, 15) is 4.79 Å². The summed E-state index contributed by atoms with van der Waals surface area (Å²) in [5, 5.41) is 0. The minimum absolute atomic E-state index is 0.348. The van der Waals surface area contributed by atoms with Gasteiger partial charge in [-0.15, -0.1) is 0 Å². The highest BCUT2D eigenvalue weighted by Gasteiger charge is 2.13. The van der Waals surface area contributed by atoms with E-state index in [1.807, 2.05) is 30.3 Å². The smallest absolute Gasteiger partial charge is 0.185 e. The highest BCUT2D eigenvalue weighted by molar-refractivity contribution is 5.73. The number of rotatable bonds is 3. The predicted molar refractivity (Wildman–Crippen MR) is 83.7 cm³/mol. The van der Waals surface area contributed by atoms with Gasteiger partial charge in [-0.2, -0.15) is 0 Å². The summed E-state index contributed by atoms with van der Waals surface area (Å²) in [6.45, 7) is 1.07. The number of fused-ring (bicyclic) bond motifs is 1. The quantitative estimate of drug-likeness (QED) is 0.686. The van der Waals surface area contributed by atoms with E-state index in [0.29, 0.717) is 17.8 Å². The average molecular weight is 292 g/mol. The molecule has 0 bridgehead atoms. The van der Waals surface area contributed by atoms with Gasteiger partial charge in [0.05, 0.1) is 5.69 Å². The van der Waals surface area contributed by atoms with E-state index in [0.717, 1.165) is 29.8 Å². The SMILES string of the molecule is O=Cc1ccc(-c2ccc(-c3cn4c(n3)CCCC4)cc2)o1. The number of hydrogen-bond acceptors (Lipinski definition) is 3. The Labute approximate surface area is 128 Å². The van der Waals surface area contributed by atoms with Crippen LogP contribution >= 0.6 is 0 Å². The third-order valence-corrected chi connectivity index (χ3v) is 4.12. The lowest BCUT2D eigenvalue weighted by molar-refractivity contribution is 0.110. The Morgan fingerprint density at radius 1 is 1.05 bits per heavy atom. The number of benzene rings is 1. The van der Waals surface area contributed by atoms with Crippen LogP contribution in [0.25, 0.3) is 22.6 Å². The van der Waals surface area contributed by atoms with E-state index in [2.05, 4.69) is 10.8 Å². The van der Waals surface area contributed by atoms with E-state index < -0.39 is 0 Å². The van der Waals surface area contributed by atoms with Crippen molar-refractivity contribution in [2.45, 2.75) is 25.8 Å². The molecule has 3 aromatic rings. The van der Waals surface area contributed by atoms with Crippen molar-refractivity contribution in [3.05, 3.63) is 54.2 Å². The molecule has 2 aromatic heterocycles. The lowest BCUT2D eigenvalue weighted by Crippen LogP contribution is -2.08. The largest absolute Gasteiger partial charge is 0.453 e. The fourth-order valence-electron chi connectivity index (χ4n) is 2.93. The molecule has 3 heterocycles. The van der Waals surface area contributed by atoms with Crippen LogP contribution in [0.2, 0.25) is 0 Å². The maximum atomic E-state index is 10.7. The molecule has 0 spiro atoms. The molecule has 1 aliphatic heterocycles. The molecule has 0 N–H and O–H groups in total. The van der Waals surface area contributed by atoms with Crippen LogP contribution in [0.1, 0.15) is 29.2 Å². The molecule has 0 fully saturated rings. The molecular weight excluding hydrogens is 276 g/mol. The average Bonchev–Trinajstić information content (AvgIpc) is 3.21. The second kappa shape index (κ2) is 5.30. The van der Waals surface area contributed by atoms with Crippen molar-refractivity contribution in [3.8, 4) is 22.6 Å². The van der Waals surface area contributed by atoms with Gasteiger partial charge >= 0.3 is 0 Å². The fraction of sp³-hybridized carbons (Fsp3) is 0.222. The number of aryl methyl sites for hydroxylation is 2.